The molecule has 0 aromatic rings. The lowest BCUT2D eigenvalue weighted by molar-refractivity contribution is -0.789. The predicted molar refractivity (Wildman–Crippen MR) is 47.7 cm³/mol. The van der Waals surface area contributed by atoms with E-state index in [1.165, 1.54) is 25.7 Å². The maximum absolute atomic E-state index is 5.81. The number of quaternary nitrogens is 1. The SMILES string of the molecule is [B-][NH+](C)[C@@H]1CCCC[C@H]1NC. The Morgan fingerprint density at radius 2 is 2.00 bits per heavy atom. The molecule has 0 aromatic carbocycles. The lowest BCUT2D eigenvalue weighted by Crippen LogP contribution is -3.13. The van der Waals surface area contributed by atoms with Crippen molar-refractivity contribution in [1.82, 2.24) is 5.32 Å². The molecule has 3 atom stereocenters. The van der Waals surface area contributed by atoms with Crippen LogP contribution in [0, 0.1) is 0 Å². The summed E-state index contributed by atoms with van der Waals surface area (Å²) in [7, 11) is 9.89. The van der Waals surface area contributed by atoms with E-state index in [1.54, 1.807) is 0 Å². The molecule has 0 amide bonds. The Morgan fingerprint density at radius 1 is 1.36 bits per heavy atom. The van der Waals surface area contributed by atoms with Gasteiger partial charge in [-0.1, -0.05) is 6.42 Å². The van der Waals surface area contributed by atoms with Gasteiger partial charge in [-0.15, -0.1) is 0 Å². The molecule has 3 heteroatoms. The summed E-state index contributed by atoms with van der Waals surface area (Å²) in [4.78, 5) is 1.10. The Morgan fingerprint density at radius 3 is 2.45 bits per heavy atom. The van der Waals surface area contributed by atoms with Crippen molar-refractivity contribution in [3.8, 4) is 0 Å². The van der Waals surface area contributed by atoms with Crippen LogP contribution in [0.4, 0.5) is 0 Å². The molecule has 11 heavy (non-hydrogen) atoms. The molecule has 0 heterocycles. The van der Waals surface area contributed by atoms with Crippen molar-refractivity contribution in [2.45, 2.75) is 37.8 Å². The highest BCUT2D eigenvalue weighted by Gasteiger charge is 2.24. The summed E-state index contributed by atoms with van der Waals surface area (Å²) in [5.74, 6) is 0. The molecular formula is C8H18BN2. The van der Waals surface area contributed by atoms with Crippen molar-refractivity contribution in [2.24, 2.45) is 0 Å². The lowest BCUT2D eigenvalue weighted by atomic mass is 9.88. The van der Waals surface area contributed by atoms with Crippen molar-refractivity contribution < 1.29 is 4.81 Å². The van der Waals surface area contributed by atoms with Gasteiger partial charge in [0, 0.05) is 7.05 Å². The van der Waals surface area contributed by atoms with Crippen LogP contribution < -0.4 is 10.1 Å². The molecule has 1 aliphatic carbocycles. The summed E-state index contributed by atoms with van der Waals surface area (Å²) in [6.07, 6.45) is 5.26. The summed E-state index contributed by atoms with van der Waals surface area (Å²) in [5.41, 5.74) is 0. The molecular weight excluding hydrogens is 135 g/mol. The van der Waals surface area contributed by atoms with Gasteiger partial charge in [-0.2, -0.15) is 0 Å². The third-order valence-corrected chi connectivity index (χ3v) is 2.72. The van der Waals surface area contributed by atoms with Crippen molar-refractivity contribution in [2.75, 3.05) is 14.1 Å². The van der Waals surface area contributed by atoms with Crippen molar-refractivity contribution in [3.63, 3.8) is 0 Å². The van der Waals surface area contributed by atoms with Gasteiger partial charge >= 0.3 is 0 Å². The topological polar surface area (TPSA) is 16.5 Å². The second kappa shape index (κ2) is 4.12. The molecule has 1 fully saturated rings. The molecule has 0 bridgehead atoms. The normalized spacial score (nSPS) is 35.2. The molecule has 1 saturated carbocycles. The predicted octanol–water partition coefficient (Wildman–Crippen LogP) is -0.885. The fourth-order valence-electron chi connectivity index (χ4n) is 2.02. The van der Waals surface area contributed by atoms with Gasteiger partial charge < -0.3 is 10.1 Å². The van der Waals surface area contributed by atoms with Crippen LogP contribution >= 0.6 is 0 Å². The maximum atomic E-state index is 5.81. The van der Waals surface area contributed by atoms with Crippen molar-refractivity contribution in [1.29, 1.82) is 0 Å². The van der Waals surface area contributed by atoms with E-state index >= 15 is 0 Å². The van der Waals surface area contributed by atoms with E-state index in [2.05, 4.69) is 5.32 Å². The lowest BCUT2D eigenvalue weighted by Gasteiger charge is -2.40. The summed E-state index contributed by atoms with van der Waals surface area (Å²) >= 11 is 0. The first-order valence-electron chi connectivity index (χ1n) is 4.52. The molecule has 0 aliphatic heterocycles. The molecule has 2 N–H and O–H groups in total. The molecule has 0 aromatic heterocycles. The summed E-state index contributed by atoms with van der Waals surface area (Å²) < 4.78 is 0. The van der Waals surface area contributed by atoms with Crippen LogP contribution in [-0.2, 0) is 0 Å². The minimum atomic E-state index is 0.619. The van der Waals surface area contributed by atoms with Crippen molar-refractivity contribution in [3.05, 3.63) is 0 Å². The van der Waals surface area contributed by atoms with E-state index in [0.29, 0.717) is 12.1 Å². The quantitative estimate of drug-likeness (QED) is 0.492. The van der Waals surface area contributed by atoms with Crippen LogP contribution in [0.25, 0.3) is 0 Å². The highest BCUT2D eigenvalue weighted by molar-refractivity contribution is 5.95. The number of likely N-dealkylation sites (N-methyl/N-ethyl adjacent to an activating group) is 2. The van der Waals surface area contributed by atoms with Gasteiger partial charge in [-0.3, -0.25) is 0 Å². The zero-order valence-electron chi connectivity index (χ0n) is 7.56. The van der Waals surface area contributed by atoms with Gasteiger partial charge in [0.25, 0.3) is 0 Å². The molecule has 1 aliphatic rings. The summed E-state index contributed by atoms with van der Waals surface area (Å²) in [5, 5.41) is 3.33. The Labute approximate surface area is 70.8 Å². The Balaban J connectivity index is 2.44. The average molecular weight is 153 g/mol. The Bertz CT molecular complexity index is 117. The molecule has 1 rings (SSSR count). The summed E-state index contributed by atoms with van der Waals surface area (Å²) in [6, 6.07) is 1.25. The third-order valence-electron chi connectivity index (χ3n) is 2.72. The molecule has 2 nitrogen and oxygen atoms in total. The van der Waals surface area contributed by atoms with Crippen LogP contribution in [-0.4, -0.2) is 34.2 Å². The van der Waals surface area contributed by atoms with Crippen LogP contribution in [0.3, 0.4) is 0 Å². The zero-order chi connectivity index (χ0) is 8.27. The number of rotatable bonds is 2. The monoisotopic (exact) mass is 153 g/mol. The number of hydrogen-bond donors (Lipinski definition) is 2. The standard InChI is InChI=1S/C8H18BN2/c1-10-7-5-3-4-6-8(7)11(2)9/h7-8,10-11H,3-6H2,1-2H3/t7-,8-/m1/s1. The van der Waals surface area contributed by atoms with Crippen LogP contribution in [0.15, 0.2) is 0 Å². The first kappa shape index (κ1) is 9.08. The Kier molecular flexibility index (Phi) is 3.40. The molecule has 1 unspecified atom stereocenters. The molecule has 3 radical (unpaired) electrons. The van der Waals surface area contributed by atoms with Gasteiger partial charge in [-0.05, 0) is 26.3 Å². The summed E-state index contributed by atoms with van der Waals surface area (Å²) in [6.45, 7) is 0. The van der Waals surface area contributed by atoms with Crippen molar-refractivity contribution >= 4 is 7.98 Å². The van der Waals surface area contributed by atoms with Gasteiger partial charge in [0.2, 0.25) is 0 Å². The highest BCUT2D eigenvalue weighted by atomic mass is 15.1. The fourth-order valence-corrected chi connectivity index (χ4v) is 2.02. The first-order chi connectivity index (χ1) is 5.25. The fraction of sp³-hybridized carbons (Fsp3) is 1.00. The third kappa shape index (κ3) is 2.21. The van der Waals surface area contributed by atoms with Gasteiger partial charge in [-0.25, -0.2) is 7.98 Å². The molecule has 0 spiro atoms. The van der Waals surface area contributed by atoms with E-state index < -0.39 is 0 Å². The molecule has 63 valence electrons. The smallest absolute Gasteiger partial charge is 0.0567 e. The van der Waals surface area contributed by atoms with E-state index in [4.69, 9.17) is 7.98 Å². The minimum absolute atomic E-state index is 0.619. The van der Waals surface area contributed by atoms with E-state index in [1.807, 2.05) is 14.1 Å². The second-order valence-corrected chi connectivity index (χ2v) is 3.53. The second-order valence-electron chi connectivity index (χ2n) is 3.53. The number of nitrogens with one attached hydrogen (secondary N) is 2. The zero-order valence-corrected chi connectivity index (χ0v) is 7.56. The van der Waals surface area contributed by atoms with Gasteiger partial charge in [0.15, 0.2) is 0 Å². The van der Waals surface area contributed by atoms with Crippen LogP contribution in [0.2, 0.25) is 0 Å². The van der Waals surface area contributed by atoms with Crippen LogP contribution in [0.1, 0.15) is 25.7 Å². The highest BCUT2D eigenvalue weighted by Crippen LogP contribution is 2.15. The number of hydrogen-bond acceptors (Lipinski definition) is 1. The average Bonchev–Trinajstić information content (AvgIpc) is 2.04. The largest absolute Gasteiger partial charge is 0.597 e. The van der Waals surface area contributed by atoms with E-state index in [-0.39, 0.29) is 0 Å². The van der Waals surface area contributed by atoms with Gasteiger partial charge in [0.05, 0.1) is 12.1 Å². The molecule has 0 saturated heterocycles. The van der Waals surface area contributed by atoms with E-state index in [0.717, 1.165) is 4.81 Å². The van der Waals surface area contributed by atoms with Crippen LogP contribution in [0.5, 0.6) is 0 Å². The minimum Gasteiger partial charge on any atom is -0.597 e. The first-order valence-corrected chi connectivity index (χ1v) is 4.52. The van der Waals surface area contributed by atoms with Gasteiger partial charge in [0.1, 0.15) is 0 Å². The Hall–Kier alpha value is -0.0151. The van der Waals surface area contributed by atoms with E-state index in [9.17, 15) is 0 Å². The maximum Gasteiger partial charge on any atom is 0.0567 e.